The Bertz CT molecular complexity index is 351. The van der Waals surface area contributed by atoms with Gasteiger partial charge >= 0.3 is 0 Å². The molecule has 0 radical (unpaired) electrons. The van der Waals surface area contributed by atoms with E-state index in [1.54, 1.807) is 12.1 Å². The first-order valence-corrected chi connectivity index (χ1v) is 8.82. The van der Waals surface area contributed by atoms with Gasteiger partial charge in [-0.25, -0.2) is 4.39 Å². The average Bonchev–Trinajstić information content (AvgIpc) is 2.42. The van der Waals surface area contributed by atoms with Crippen molar-refractivity contribution in [3.8, 4) is 0 Å². The Balaban J connectivity index is 2.51. The molecular formula is C17H28FNS. The minimum Gasteiger partial charge on any atom is -0.316 e. The molecule has 0 aromatic heterocycles. The van der Waals surface area contributed by atoms with E-state index in [-0.39, 0.29) is 5.82 Å². The summed E-state index contributed by atoms with van der Waals surface area (Å²) in [5, 5.41) is 3.54. The van der Waals surface area contributed by atoms with Crippen molar-refractivity contribution >= 4 is 11.8 Å². The van der Waals surface area contributed by atoms with Crippen molar-refractivity contribution in [3.05, 3.63) is 35.6 Å². The van der Waals surface area contributed by atoms with Gasteiger partial charge in [0.25, 0.3) is 0 Å². The number of hydrogen-bond acceptors (Lipinski definition) is 2. The fourth-order valence-corrected chi connectivity index (χ4v) is 2.90. The van der Waals surface area contributed by atoms with Gasteiger partial charge in [0.15, 0.2) is 0 Å². The van der Waals surface area contributed by atoms with Crippen LogP contribution in [0.15, 0.2) is 24.3 Å². The van der Waals surface area contributed by atoms with E-state index in [4.69, 9.17) is 0 Å². The van der Waals surface area contributed by atoms with Gasteiger partial charge in [0, 0.05) is 6.54 Å². The molecule has 1 N–H and O–H groups in total. The first kappa shape index (κ1) is 17.5. The van der Waals surface area contributed by atoms with Crippen LogP contribution in [-0.4, -0.2) is 24.6 Å². The SMILES string of the molecule is CCSCCCC(CNCC(C)C)c1ccc(F)cc1. The second kappa shape index (κ2) is 10.2. The summed E-state index contributed by atoms with van der Waals surface area (Å²) in [4.78, 5) is 0. The monoisotopic (exact) mass is 297 g/mol. The van der Waals surface area contributed by atoms with E-state index in [0.29, 0.717) is 11.8 Å². The average molecular weight is 297 g/mol. The zero-order valence-corrected chi connectivity index (χ0v) is 13.8. The summed E-state index contributed by atoms with van der Waals surface area (Å²) in [6.45, 7) is 8.67. The number of thioether (sulfide) groups is 1. The standard InChI is InChI=1S/C17H28FNS/c1-4-20-11-5-6-16(13-19-12-14(2)3)15-7-9-17(18)10-8-15/h7-10,14,16,19H,4-6,11-13H2,1-3H3. The lowest BCUT2D eigenvalue weighted by Crippen LogP contribution is -2.25. The van der Waals surface area contributed by atoms with Gasteiger partial charge in [-0.2, -0.15) is 11.8 Å². The van der Waals surface area contributed by atoms with Crippen LogP contribution in [-0.2, 0) is 0 Å². The molecule has 114 valence electrons. The molecule has 0 saturated heterocycles. The minimum atomic E-state index is -0.149. The van der Waals surface area contributed by atoms with Crippen molar-refractivity contribution < 1.29 is 4.39 Å². The van der Waals surface area contributed by atoms with Gasteiger partial charge in [0.1, 0.15) is 5.82 Å². The van der Waals surface area contributed by atoms with Gasteiger partial charge in [-0.05, 0) is 60.4 Å². The van der Waals surface area contributed by atoms with E-state index < -0.39 is 0 Å². The molecule has 0 aliphatic heterocycles. The number of rotatable bonds is 10. The molecule has 20 heavy (non-hydrogen) atoms. The summed E-state index contributed by atoms with van der Waals surface area (Å²) >= 11 is 2.00. The Kier molecular flexibility index (Phi) is 8.95. The van der Waals surface area contributed by atoms with E-state index in [1.165, 1.54) is 29.9 Å². The Morgan fingerprint density at radius 3 is 2.45 bits per heavy atom. The van der Waals surface area contributed by atoms with Crippen molar-refractivity contribution in [2.24, 2.45) is 5.92 Å². The number of hydrogen-bond donors (Lipinski definition) is 1. The molecule has 0 aliphatic rings. The molecule has 1 aromatic rings. The molecule has 0 aliphatic carbocycles. The van der Waals surface area contributed by atoms with Crippen LogP contribution in [0.5, 0.6) is 0 Å². The highest BCUT2D eigenvalue weighted by atomic mass is 32.2. The van der Waals surface area contributed by atoms with Crippen LogP contribution in [0.3, 0.4) is 0 Å². The van der Waals surface area contributed by atoms with E-state index >= 15 is 0 Å². The van der Waals surface area contributed by atoms with Crippen LogP contribution < -0.4 is 5.32 Å². The molecule has 1 unspecified atom stereocenters. The van der Waals surface area contributed by atoms with Gasteiger partial charge in [0.2, 0.25) is 0 Å². The predicted molar refractivity (Wildman–Crippen MR) is 89.1 cm³/mol. The van der Waals surface area contributed by atoms with Crippen molar-refractivity contribution in [2.75, 3.05) is 24.6 Å². The normalized spacial score (nSPS) is 12.8. The smallest absolute Gasteiger partial charge is 0.123 e. The molecule has 0 spiro atoms. The highest BCUT2D eigenvalue weighted by molar-refractivity contribution is 7.99. The summed E-state index contributed by atoms with van der Waals surface area (Å²) in [6.07, 6.45) is 2.40. The molecule has 1 rings (SSSR count). The van der Waals surface area contributed by atoms with Gasteiger partial charge in [-0.1, -0.05) is 32.9 Å². The van der Waals surface area contributed by atoms with Gasteiger partial charge in [0.05, 0.1) is 0 Å². The topological polar surface area (TPSA) is 12.0 Å². The lowest BCUT2D eigenvalue weighted by Gasteiger charge is -2.19. The molecule has 0 bridgehead atoms. The predicted octanol–water partition coefficient (Wildman–Crippen LogP) is 4.69. The van der Waals surface area contributed by atoms with Crippen LogP contribution in [0.4, 0.5) is 4.39 Å². The van der Waals surface area contributed by atoms with Crippen molar-refractivity contribution in [2.45, 2.75) is 39.5 Å². The highest BCUT2D eigenvalue weighted by Crippen LogP contribution is 2.22. The quantitative estimate of drug-likeness (QED) is 0.629. The molecule has 0 saturated carbocycles. The van der Waals surface area contributed by atoms with Crippen LogP contribution in [0.25, 0.3) is 0 Å². The summed E-state index contributed by atoms with van der Waals surface area (Å²) in [5.41, 5.74) is 1.25. The van der Waals surface area contributed by atoms with Crippen LogP contribution >= 0.6 is 11.8 Å². The first-order chi connectivity index (χ1) is 9.63. The highest BCUT2D eigenvalue weighted by Gasteiger charge is 2.11. The molecule has 0 amide bonds. The zero-order valence-electron chi connectivity index (χ0n) is 13.0. The van der Waals surface area contributed by atoms with E-state index in [1.807, 2.05) is 23.9 Å². The van der Waals surface area contributed by atoms with Crippen LogP contribution in [0, 0.1) is 11.7 Å². The zero-order chi connectivity index (χ0) is 14.8. The third-order valence-corrected chi connectivity index (χ3v) is 4.32. The van der Waals surface area contributed by atoms with Crippen LogP contribution in [0.1, 0.15) is 45.1 Å². The maximum atomic E-state index is 13.0. The fraction of sp³-hybridized carbons (Fsp3) is 0.647. The lowest BCUT2D eigenvalue weighted by molar-refractivity contribution is 0.498. The second-order valence-electron chi connectivity index (χ2n) is 5.64. The molecule has 1 nitrogen and oxygen atoms in total. The molecule has 3 heteroatoms. The van der Waals surface area contributed by atoms with Crippen molar-refractivity contribution in [3.63, 3.8) is 0 Å². The van der Waals surface area contributed by atoms with Gasteiger partial charge in [-0.3, -0.25) is 0 Å². The largest absolute Gasteiger partial charge is 0.316 e. The van der Waals surface area contributed by atoms with Gasteiger partial charge < -0.3 is 5.32 Å². The third-order valence-electron chi connectivity index (χ3n) is 3.33. The molecule has 0 heterocycles. The van der Waals surface area contributed by atoms with Crippen molar-refractivity contribution in [1.29, 1.82) is 0 Å². The summed E-state index contributed by atoms with van der Waals surface area (Å²) < 4.78 is 13.0. The third kappa shape index (κ3) is 7.30. The minimum absolute atomic E-state index is 0.149. The number of halogens is 1. The Morgan fingerprint density at radius 1 is 1.15 bits per heavy atom. The fourth-order valence-electron chi connectivity index (χ4n) is 2.24. The maximum Gasteiger partial charge on any atom is 0.123 e. The second-order valence-corrected chi connectivity index (χ2v) is 7.03. The van der Waals surface area contributed by atoms with Crippen LogP contribution in [0.2, 0.25) is 0 Å². The molecule has 1 aromatic carbocycles. The van der Waals surface area contributed by atoms with E-state index in [2.05, 4.69) is 26.1 Å². The Morgan fingerprint density at radius 2 is 1.85 bits per heavy atom. The maximum absolute atomic E-state index is 13.0. The van der Waals surface area contributed by atoms with E-state index in [0.717, 1.165) is 13.1 Å². The van der Waals surface area contributed by atoms with Gasteiger partial charge in [-0.15, -0.1) is 0 Å². The summed E-state index contributed by atoms with van der Waals surface area (Å²) in [6, 6.07) is 7.02. The van der Waals surface area contributed by atoms with Crippen molar-refractivity contribution in [1.82, 2.24) is 5.32 Å². The summed E-state index contributed by atoms with van der Waals surface area (Å²) in [5.74, 6) is 3.42. The van der Waals surface area contributed by atoms with E-state index in [9.17, 15) is 4.39 Å². The number of benzene rings is 1. The Hall–Kier alpha value is -0.540. The molecular weight excluding hydrogens is 269 g/mol. The summed E-state index contributed by atoms with van der Waals surface area (Å²) in [7, 11) is 0. The Labute approximate surface area is 127 Å². The molecule has 0 fully saturated rings. The first-order valence-electron chi connectivity index (χ1n) is 7.67. The lowest BCUT2D eigenvalue weighted by atomic mass is 9.94. The molecule has 1 atom stereocenters. The number of nitrogens with one attached hydrogen (secondary N) is 1.